The van der Waals surface area contributed by atoms with Crippen LogP contribution in [0.1, 0.15) is 20.8 Å². The highest BCUT2D eigenvalue weighted by atomic mass is 16.8. The molecule has 3 unspecified atom stereocenters. The van der Waals surface area contributed by atoms with Gasteiger partial charge in [-0.15, -0.1) is 6.42 Å². The number of hydrogen-bond donors (Lipinski definition) is 1. The predicted molar refractivity (Wildman–Crippen MR) is 61.7 cm³/mol. The fourth-order valence-electron chi connectivity index (χ4n) is 1.94. The maximum atomic E-state index is 5.75. The van der Waals surface area contributed by atoms with Gasteiger partial charge < -0.3 is 14.8 Å². The van der Waals surface area contributed by atoms with Crippen molar-refractivity contribution in [3.8, 4) is 12.3 Å². The average molecular weight is 224 g/mol. The van der Waals surface area contributed by atoms with Crippen molar-refractivity contribution < 1.29 is 9.47 Å². The maximum absolute atomic E-state index is 5.75. The smallest absolute Gasteiger partial charge is 0.200 e. The van der Waals surface area contributed by atoms with Gasteiger partial charge in [0, 0.05) is 19.6 Å². The SMILES string of the molecule is C#CC1CNCCN1C1OC1OC(C)(C)C. The molecule has 0 aliphatic carbocycles. The van der Waals surface area contributed by atoms with Crippen LogP contribution in [0.25, 0.3) is 0 Å². The highest BCUT2D eigenvalue weighted by molar-refractivity contribution is 5.05. The Balaban J connectivity index is 1.88. The van der Waals surface area contributed by atoms with Crippen molar-refractivity contribution in [1.82, 2.24) is 10.2 Å². The third-order valence-electron chi connectivity index (χ3n) is 2.70. The lowest BCUT2D eigenvalue weighted by molar-refractivity contribution is -0.0580. The number of terminal acetylenes is 1. The molecule has 90 valence electrons. The lowest BCUT2D eigenvalue weighted by atomic mass is 10.2. The van der Waals surface area contributed by atoms with Crippen molar-refractivity contribution in [3.63, 3.8) is 0 Å². The summed E-state index contributed by atoms with van der Waals surface area (Å²) in [4.78, 5) is 2.20. The molecule has 2 aliphatic rings. The van der Waals surface area contributed by atoms with Gasteiger partial charge in [0.1, 0.15) is 0 Å². The fourth-order valence-corrected chi connectivity index (χ4v) is 1.94. The number of piperazine rings is 1. The molecular weight excluding hydrogens is 204 g/mol. The van der Waals surface area contributed by atoms with Gasteiger partial charge in [-0.1, -0.05) is 5.92 Å². The normalized spacial score (nSPS) is 35.8. The van der Waals surface area contributed by atoms with Crippen molar-refractivity contribution in [1.29, 1.82) is 0 Å². The Hall–Kier alpha value is -0.600. The number of rotatable bonds is 2. The second-order valence-corrected chi connectivity index (χ2v) is 5.25. The van der Waals surface area contributed by atoms with Crippen LogP contribution in [0.15, 0.2) is 0 Å². The van der Waals surface area contributed by atoms with Gasteiger partial charge in [-0.05, 0) is 20.8 Å². The Morgan fingerprint density at radius 2 is 2.25 bits per heavy atom. The highest BCUT2D eigenvalue weighted by Crippen LogP contribution is 2.32. The van der Waals surface area contributed by atoms with Gasteiger partial charge in [0.15, 0.2) is 12.5 Å². The Morgan fingerprint density at radius 1 is 1.50 bits per heavy atom. The molecule has 0 bridgehead atoms. The number of epoxide rings is 1. The number of nitrogens with zero attached hydrogens (tertiary/aromatic N) is 1. The van der Waals surface area contributed by atoms with E-state index < -0.39 is 0 Å². The summed E-state index contributed by atoms with van der Waals surface area (Å²) in [7, 11) is 0. The van der Waals surface area contributed by atoms with Gasteiger partial charge in [0.25, 0.3) is 0 Å². The zero-order valence-corrected chi connectivity index (χ0v) is 10.2. The first-order valence-corrected chi connectivity index (χ1v) is 5.77. The number of nitrogens with one attached hydrogen (secondary N) is 1. The van der Waals surface area contributed by atoms with E-state index in [0.717, 1.165) is 19.6 Å². The number of hydrogen-bond acceptors (Lipinski definition) is 4. The Labute approximate surface area is 97.3 Å². The largest absolute Gasteiger partial charge is 0.343 e. The second kappa shape index (κ2) is 4.34. The summed E-state index contributed by atoms with van der Waals surface area (Å²) in [6.07, 6.45) is 5.43. The van der Waals surface area contributed by atoms with E-state index in [0.29, 0.717) is 0 Å². The molecule has 3 atom stereocenters. The third kappa shape index (κ3) is 2.74. The first-order valence-electron chi connectivity index (χ1n) is 5.77. The standard InChI is InChI=1S/C12H20N2O2/c1-5-9-8-13-6-7-14(9)10-11(15-10)16-12(2,3)4/h1,9-11,13H,6-8H2,2-4H3. The molecule has 0 saturated carbocycles. The molecule has 16 heavy (non-hydrogen) atoms. The zero-order chi connectivity index (χ0) is 11.8. The molecule has 1 N–H and O–H groups in total. The van der Waals surface area contributed by atoms with E-state index >= 15 is 0 Å². The molecular formula is C12H20N2O2. The van der Waals surface area contributed by atoms with Crippen molar-refractivity contribution in [2.24, 2.45) is 0 Å². The summed E-state index contributed by atoms with van der Waals surface area (Å²) >= 11 is 0. The van der Waals surface area contributed by atoms with Gasteiger partial charge in [-0.3, -0.25) is 4.90 Å². The van der Waals surface area contributed by atoms with Crippen molar-refractivity contribution in [2.75, 3.05) is 19.6 Å². The van der Waals surface area contributed by atoms with E-state index in [1.807, 2.05) is 20.8 Å². The minimum absolute atomic E-state index is 0.0439. The van der Waals surface area contributed by atoms with Gasteiger partial charge in [0.2, 0.25) is 0 Å². The van der Waals surface area contributed by atoms with Gasteiger partial charge in [0.05, 0.1) is 11.6 Å². The molecule has 4 nitrogen and oxygen atoms in total. The Kier molecular flexibility index (Phi) is 3.22. The minimum Gasteiger partial charge on any atom is -0.343 e. The molecule has 0 aromatic heterocycles. The molecule has 2 fully saturated rings. The van der Waals surface area contributed by atoms with E-state index in [4.69, 9.17) is 15.9 Å². The molecule has 2 saturated heterocycles. The van der Waals surface area contributed by atoms with Crippen LogP contribution in [-0.2, 0) is 9.47 Å². The van der Waals surface area contributed by atoms with E-state index in [1.54, 1.807) is 0 Å². The summed E-state index contributed by atoms with van der Waals surface area (Å²) in [5, 5.41) is 3.28. The van der Waals surface area contributed by atoms with E-state index in [9.17, 15) is 0 Å². The Bertz CT molecular complexity index is 292. The monoisotopic (exact) mass is 224 g/mol. The molecule has 2 heterocycles. The lowest BCUT2D eigenvalue weighted by Gasteiger charge is -2.31. The molecule has 4 heteroatoms. The zero-order valence-electron chi connectivity index (χ0n) is 10.2. The van der Waals surface area contributed by atoms with Crippen LogP contribution in [0.3, 0.4) is 0 Å². The summed E-state index contributed by atoms with van der Waals surface area (Å²) in [5.74, 6) is 2.79. The van der Waals surface area contributed by atoms with Crippen LogP contribution in [0.2, 0.25) is 0 Å². The first kappa shape index (κ1) is 11.9. The minimum atomic E-state index is -0.168. The van der Waals surface area contributed by atoms with Gasteiger partial charge in [-0.2, -0.15) is 0 Å². The molecule has 0 aromatic carbocycles. The van der Waals surface area contributed by atoms with Crippen LogP contribution >= 0.6 is 0 Å². The molecule has 0 spiro atoms. The molecule has 0 amide bonds. The second-order valence-electron chi connectivity index (χ2n) is 5.25. The summed E-state index contributed by atoms with van der Waals surface area (Å²) in [6, 6.07) is 0.118. The van der Waals surface area contributed by atoms with Gasteiger partial charge in [-0.25, -0.2) is 0 Å². The summed E-state index contributed by atoms with van der Waals surface area (Å²) in [6.45, 7) is 8.80. The fraction of sp³-hybridized carbons (Fsp3) is 0.833. The van der Waals surface area contributed by atoms with Gasteiger partial charge >= 0.3 is 0 Å². The Morgan fingerprint density at radius 3 is 2.88 bits per heavy atom. The maximum Gasteiger partial charge on any atom is 0.200 e. The average Bonchev–Trinajstić information content (AvgIpc) is 2.94. The van der Waals surface area contributed by atoms with E-state index in [1.165, 1.54) is 0 Å². The van der Waals surface area contributed by atoms with Crippen LogP contribution in [0, 0.1) is 12.3 Å². The third-order valence-corrected chi connectivity index (χ3v) is 2.70. The molecule has 0 radical (unpaired) electrons. The van der Waals surface area contributed by atoms with Crippen molar-refractivity contribution in [3.05, 3.63) is 0 Å². The van der Waals surface area contributed by atoms with Crippen LogP contribution in [-0.4, -0.2) is 48.7 Å². The van der Waals surface area contributed by atoms with Crippen molar-refractivity contribution in [2.45, 2.75) is 44.9 Å². The summed E-state index contributed by atoms with van der Waals surface area (Å²) < 4.78 is 11.3. The van der Waals surface area contributed by atoms with E-state index in [-0.39, 0.29) is 24.2 Å². The predicted octanol–water partition coefficient (Wildman–Crippen LogP) is 0.391. The lowest BCUT2D eigenvalue weighted by Crippen LogP contribution is -2.52. The van der Waals surface area contributed by atoms with Crippen LogP contribution < -0.4 is 5.32 Å². The van der Waals surface area contributed by atoms with E-state index in [2.05, 4.69) is 16.1 Å². The first-order chi connectivity index (χ1) is 7.51. The summed E-state index contributed by atoms with van der Waals surface area (Å²) in [5.41, 5.74) is -0.168. The highest BCUT2D eigenvalue weighted by Gasteiger charge is 2.49. The van der Waals surface area contributed by atoms with Crippen LogP contribution in [0.5, 0.6) is 0 Å². The van der Waals surface area contributed by atoms with Crippen molar-refractivity contribution >= 4 is 0 Å². The molecule has 2 aliphatic heterocycles. The molecule has 0 aromatic rings. The quantitative estimate of drug-likeness (QED) is 0.544. The molecule has 2 rings (SSSR count). The van der Waals surface area contributed by atoms with Crippen LogP contribution in [0.4, 0.5) is 0 Å². The number of ether oxygens (including phenoxy) is 2. The topological polar surface area (TPSA) is 37.0 Å².